The van der Waals surface area contributed by atoms with E-state index in [-0.39, 0.29) is 23.9 Å². The van der Waals surface area contributed by atoms with Gasteiger partial charge in [-0.2, -0.15) is 20.0 Å². The van der Waals surface area contributed by atoms with Crippen molar-refractivity contribution in [2.75, 3.05) is 17.2 Å². The molecule has 10 nitrogen and oxygen atoms in total. The Morgan fingerprint density at radius 1 is 1.24 bits per heavy atom. The van der Waals surface area contributed by atoms with Gasteiger partial charge in [0.25, 0.3) is 5.91 Å². The molecule has 12 heteroatoms. The van der Waals surface area contributed by atoms with Crippen LogP contribution in [-0.2, 0) is 0 Å². The molecule has 3 aromatic rings. The molecule has 0 saturated heterocycles. The predicted molar refractivity (Wildman–Crippen MR) is 102 cm³/mol. The number of amides is 1. The van der Waals surface area contributed by atoms with Gasteiger partial charge >= 0.3 is 0 Å². The minimum Gasteiger partial charge on any atom is -0.365 e. The summed E-state index contributed by atoms with van der Waals surface area (Å²) in [5.74, 6) is -0.584. The van der Waals surface area contributed by atoms with Crippen LogP contribution in [0.3, 0.4) is 0 Å². The molecular formula is C17H19F2N9O. The number of halogens is 2. The topological polar surface area (TPSA) is 150 Å². The maximum absolute atomic E-state index is 12.6. The molecule has 0 bridgehead atoms. The zero-order chi connectivity index (χ0) is 20.8. The van der Waals surface area contributed by atoms with Crippen LogP contribution in [0.5, 0.6) is 0 Å². The number of anilines is 3. The molecule has 2 aromatic heterocycles. The number of primary amides is 1. The van der Waals surface area contributed by atoms with Crippen molar-refractivity contribution < 1.29 is 13.6 Å². The number of hydrogen-bond acceptors (Lipinski definition) is 8. The standard InChI is InChI=1S/C17H19F2N9O/c18-14(19)7-11(8-20)26-17-22-9-13(15(21)29)16(27-17)25-10-2-1-3-12(6-10)28-23-4-5-24-28/h1-6,9,11,14H,7-8,20H2,(H2,21,29)(H2,22,25,26,27)/t11-/m1/s1. The lowest BCUT2D eigenvalue weighted by Gasteiger charge is -2.17. The van der Waals surface area contributed by atoms with Crippen molar-refractivity contribution >= 4 is 23.4 Å². The van der Waals surface area contributed by atoms with E-state index in [0.717, 1.165) is 0 Å². The number of carbonyl (C=O) groups excluding carboxylic acids is 1. The Hall–Kier alpha value is -3.67. The van der Waals surface area contributed by atoms with Gasteiger partial charge in [0.2, 0.25) is 12.4 Å². The molecule has 0 saturated carbocycles. The highest BCUT2D eigenvalue weighted by molar-refractivity contribution is 5.98. The van der Waals surface area contributed by atoms with E-state index >= 15 is 0 Å². The Morgan fingerprint density at radius 2 is 2.00 bits per heavy atom. The minimum atomic E-state index is -2.53. The molecule has 0 aliphatic carbocycles. The van der Waals surface area contributed by atoms with Gasteiger partial charge in [-0.3, -0.25) is 4.79 Å². The van der Waals surface area contributed by atoms with Crippen molar-refractivity contribution in [3.63, 3.8) is 0 Å². The van der Waals surface area contributed by atoms with Crippen molar-refractivity contribution in [3.05, 3.63) is 48.4 Å². The molecule has 0 aliphatic heterocycles. The van der Waals surface area contributed by atoms with E-state index in [1.807, 2.05) is 0 Å². The van der Waals surface area contributed by atoms with Crippen LogP contribution in [0, 0.1) is 0 Å². The zero-order valence-corrected chi connectivity index (χ0v) is 15.2. The molecule has 0 aliphatic rings. The van der Waals surface area contributed by atoms with Gasteiger partial charge in [0, 0.05) is 30.9 Å². The van der Waals surface area contributed by atoms with E-state index in [1.54, 1.807) is 36.7 Å². The summed E-state index contributed by atoms with van der Waals surface area (Å²) in [6, 6.07) is 6.31. The van der Waals surface area contributed by atoms with E-state index in [1.165, 1.54) is 11.0 Å². The number of nitrogens with zero attached hydrogens (tertiary/aromatic N) is 5. The van der Waals surface area contributed by atoms with Crippen LogP contribution in [0.2, 0.25) is 0 Å². The van der Waals surface area contributed by atoms with Gasteiger partial charge in [-0.25, -0.2) is 13.8 Å². The molecule has 0 unspecified atom stereocenters. The van der Waals surface area contributed by atoms with Crippen molar-refractivity contribution in [2.24, 2.45) is 11.5 Å². The van der Waals surface area contributed by atoms with Crippen LogP contribution >= 0.6 is 0 Å². The number of aromatic nitrogens is 5. The number of rotatable bonds is 9. The van der Waals surface area contributed by atoms with Crippen LogP contribution < -0.4 is 22.1 Å². The zero-order valence-electron chi connectivity index (χ0n) is 15.2. The lowest BCUT2D eigenvalue weighted by Crippen LogP contribution is -2.31. The molecule has 1 aromatic carbocycles. The van der Waals surface area contributed by atoms with Crippen molar-refractivity contribution in [1.29, 1.82) is 0 Å². The molecule has 0 spiro atoms. The monoisotopic (exact) mass is 403 g/mol. The smallest absolute Gasteiger partial charge is 0.254 e. The molecular weight excluding hydrogens is 384 g/mol. The number of nitrogens with two attached hydrogens (primary N) is 2. The van der Waals surface area contributed by atoms with E-state index in [4.69, 9.17) is 11.5 Å². The van der Waals surface area contributed by atoms with Crippen LogP contribution in [0.25, 0.3) is 5.69 Å². The highest BCUT2D eigenvalue weighted by Gasteiger charge is 2.17. The molecule has 3 rings (SSSR count). The fraction of sp³-hybridized carbons (Fsp3) is 0.235. The third-order valence-corrected chi connectivity index (χ3v) is 3.89. The molecule has 6 N–H and O–H groups in total. The molecule has 2 heterocycles. The van der Waals surface area contributed by atoms with Crippen molar-refractivity contribution in [1.82, 2.24) is 25.0 Å². The van der Waals surface area contributed by atoms with Gasteiger partial charge in [0.15, 0.2) is 0 Å². The van der Waals surface area contributed by atoms with E-state index < -0.39 is 24.8 Å². The van der Waals surface area contributed by atoms with Crippen LogP contribution in [0.4, 0.5) is 26.2 Å². The number of hydrogen-bond donors (Lipinski definition) is 4. The normalized spacial score (nSPS) is 12.0. The van der Waals surface area contributed by atoms with Gasteiger partial charge in [-0.1, -0.05) is 6.07 Å². The first kappa shape index (κ1) is 20.1. The summed E-state index contributed by atoms with van der Waals surface area (Å²) < 4.78 is 25.3. The highest BCUT2D eigenvalue weighted by Crippen LogP contribution is 2.22. The number of carbonyl (C=O) groups is 1. The molecule has 29 heavy (non-hydrogen) atoms. The van der Waals surface area contributed by atoms with E-state index in [9.17, 15) is 13.6 Å². The largest absolute Gasteiger partial charge is 0.365 e. The van der Waals surface area contributed by atoms with E-state index in [0.29, 0.717) is 11.4 Å². The first-order chi connectivity index (χ1) is 14.0. The molecule has 0 fully saturated rings. The predicted octanol–water partition coefficient (Wildman–Crippen LogP) is 1.29. The lowest BCUT2D eigenvalue weighted by atomic mass is 10.2. The molecule has 1 amide bonds. The summed E-state index contributed by atoms with van der Waals surface area (Å²) in [5.41, 5.74) is 12.2. The fourth-order valence-corrected chi connectivity index (χ4v) is 2.53. The van der Waals surface area contributed by atoms with Gasteiger partial charge < -0.3 is 22.1 Å². The average molecular weight is 403 g/mol. The highest BCUT2D eigenvalue weighted by atomic mass is 19.3. The fourth-order valence-electron chi connectivity index (χ4n) is 2.53. The molecule has 1 atom stereocenters. The lowest BCUT2D eigenvalue weighted by molar-refractivity contribution is 0.100. The maximum Gasteiger partial charge on any atom is 0.254 e. The Kier molecular flexibility index (Phi) is 6.24. The Morgan fingerprint density at radius 3 is 2.66 bits per heavy atom. The first-order valence-corrected chi connectivity index (χ1v) is 8.61. The number of benzene rings is 1. The van der Waals surface area contributed by atoms with Crippen LogP contribution in [0.15, 0.2) is 42.9 Å². The van der Waals surface area contributed by atoms with Gasteiger partial charge in [0.1, 0.15) is 11.4 Å². The van der Waals surface area contributed by atoms with Gasteiger partial charge in [0.05, 0.1) is 18.1 Å². The quantitative estimate of drug-likeness (QED) is 0.417. The minimum absolute atomic E-state index is 0.0348. The van der Waals surface area contributed by atoms with Crippen molar-refractivity contribution in [2.45, 2.75) is 18.9 Å². The van der Waals surface area contributed by atoms with E-state index in [2.05, 4.69) is 30.8 Å². The summed E-state index contributed by atoms with van der Waals surface area (Å²) in [5, 5.41) is 13.8. The van der Waals surface area contributed by atoms with Gasteiger partial charge in [-0.15, -0.1) is 0 Å². The summed E-state index contributed by atoms with van der Waals surface area (Å²) in [4.78, 5) is 21.3. The number of alkyl halides is 2. The Balaban J connectivity index is 1.87. The van der Waals surface area contributed by atoms with Crippen LogP contribution in [0.1, 0.15) is 16.8 Å². The first-order valence-electron chi connectivity index (χ1n) is 8.61. The molecule has 152 valence electrons. The summed E-state index contributed by atoms with van der Waals surface area (Å²) in [6.45, 7) is -0.0348. The Bertz CT molecular complexity index is 965. The second kappa shape index (κ2) is 9.01. The SMILES string of the molecule is NC[C@@H](CC(F)F)Nc1ncc(C(N)=O)c(Nc2cccc(-n3nccn3)c2)n1. The average Bonchev–Trinajstić information content (AvgIpc) is 3.22. The van der Waals surface area contributed by atoms with Crippen molar-refractivity contribution in [3.8, 4) is 5.69 Å². The third kappa shape index (κ3) is 5.19. The number of nitrogens with one attached hydrogen (secondary N) is 2. The summed E-state index contributed by atoms with van der Waals surface area (Å²) in [7, 11) is 0. The second-order valence-corrected chi connectivity index (χ2v) is 6.02. The van der Waals surface area contributed by atoms with Crippen LogP contribution in [-0.4, -0.2) is 49.9 Å². The summed E-state index contributed by atoms with van der Waals surface area (Å²) in [6.07, 6.45) is 1.31. The summed E-state index contributed by atoms with van der Waals surface area (Å²) >= 11 is 0. The molecule has 0 radical (unpaired) electrons. The Labute approximate surface area is 164 Å². The van der Waals surface area contributed by atoms with Gasteiger partial charge in [-0.05, 0) is 18.2 Å². The maximum atomic E-state index is 12.6. The second-order valence-electron chi connectivity index (χ2n) is 6.02. The third-order valence-electron chi connectivity index (χ3n) is 3.89.